The molecular formula is C17H18N2O4S. The minimum Gasteiger partial charge on any atom is -0.466 e. The van der Waals surface area contributed by atoms with Gasteiger partial charge in [0, 0.05) is 18.1 Å². The molecule has 1 unspecified atom stereocenters. The number of nitrogens with zero attached hydrogens (tertiary/aromatic N) is 1. The Bertz CT molecular complexity index is 963. The molecule has 0 saturated carbocycles. The molecule has 0 aliphatic heterocycles. The summed E-state index contributed by atoms with van der Waals surface area (Å²) < 4.78 is 32.9. The molecule has 0 fully saturated rings. The van der Waals surface area contributed by atoms with Crippen LogP contribution < -0.4 is 4.72 Å². The van der Waals surface area contributed by atoms with E-state index in [1.807, 2.05) is 19.1 Å². The van der Waals surface area contributed by atoms with Crippen molar-refractivity contribution in [3.05, 3.63) is 60.2 Å². The van der Waals surface area contributed by atoms with Crippen LogP contribution in [0.5, 0.6) is 0 Å². The zero-order valence-electron chi connectivity index (χ0n) is 13.4. The highest BCUT2D eigenvalue weighted by Gasteiger charge is 2.29. The molecule has 2 N–H and O–H groups in total. The van der Waals surface area contributed by atoms with Crippen LogP contribution in [-0.4, -0.2) is 25.1 Å². The lowest BCUT2D eigenvalue weighted by Crippen LogP contribution is -2.38. The maximum atomic E-state index is 12.7. The molecular weight excluding hydrogens is 328 g/mol. The standard InChI is InChI=1S/C17H18N2O4S/c1-12-9-13-5-3-6-14(16(13)18-10-12)24(21,22)19-11-17(2,20)15-7-4-8-23-15/h3-10,19-20H,11H2,1-2H3. The molecule has 0 radical (unpaired) electrons. The van der Waals surface area contributed by atoms with Crippen molar-refractivity contribution in [1.29, 1.82) is 0 Å². The van der Waals surface area contributed by atoms with Crippen molar-refractivity contribution in [2.75, 3.05) is 6.54 Å². The molecule has 126 valence electrons. The molecule has 3 rings (SSSR count). The molecule has 2 aromatic heterocycles. The zero-order valence-corrected chi connectivity index (χ0v) is 14.2. The summed E-state index contributed by atoms with van der Waals surface area (Å²) in [4.78, 5) is 4.32. The highest BCUT2D eigenvalue weighted by molar-refractivity contribution is 7.89. The van der Waals surface area contributed by atoms with Gasteiger partial charge in [0.15, 0.2) is 0 Å². The highest BCUT2D eigenvalue weighted by Crippen LogP contribution is 2.24. The third-order valence-corrected chi connectivity index (χ3v) is 5.19. The molecule has 3 aromatic rings. The van der Waals surface area contributed by atoms with Gasteiger partial charge in [-0.25, -0.2) is 13.1 Å². The number of benzene rings is 1. The molecule has 6 nitrogen and oxygen atoms in total. The van der Waals surface area contributed by atoms with Gasteiger partial charge in [-0.2, -0.15) is 0 Å². The molecule has 0 aliphatic rings. The number of aliphatic hydroxyl groups is 1. The Kier molecular flexibility index (Phi) is 4.16. The van der Waals surface area contributed by atoms with Gasteiger partial charge >= 0.3 is 0 Å². The number of para-hydroxylation sites is 1. The first kappa shape index (κ1) is 16.6. The quantitative estimate of drug-likeness (QED) is 0.740. The fraction of sp³-hybridized carbons (Fsp3) is 0.235. The van der Waals surface area contributed by atoms with Gasteiger partial charge in [0.1, 0.15) is 16.3 Å². The first-order chi connectivity index (χ1) is 11.3. The van der Waals surface area contributed by atoms with Gasteiger partial charge < -0.3 is 9.52 Å². The summed E-state index contributed by atoms with van der Waals surface area (Å²) in [6.45, 7) is 3.16. The number of aromatic nitrogens is 1. The monoisotopic (exact) mass is 346 g/mol. The van der Waals surface area contributed by atoms with Gasteiger partial charge in [0.25, 0.3) is 0 Å². The predicted molar refractivity (Wildman–Crippen MR) is 89.9 cm³/mol. The lowest BCUT2D eigenvalue weighted by molar-refractivity contribution is 0.0395. The summed E-state index contributed by atoms with van der Waals surface area (Å²) in [5.74, 6) is 0.289. The SMILES string of the molecule is Cc1cnc2c(S(=O)(=O)NCC(C)(O)c3ccco3)cccc2c1. The van der Waals surface area contributed by atoms with E-state index in [0.717, 1.165) is 10.9 Å². The van der Waals surface area contributed by atoms with Crippen LogP contribution in [0.3, 0.4) is 0 Å². The second-order valence-electron chi connectivity index (χ2n) is 5.92. The van der Waals surface area contributed by atoms with E-state index in [0.29, 0.717) is 5.52 Å². The van der Waals surface area contributed by atoms with E-state index >= 15 is 0 Å². The van der Waals surface area contributed by atoms with Crippen molar-refractivity contribution < 1.29 is 17.9 Å². The third-order valence-electron chi connectivity index (χ3n) is 3.76. The fourth-order valence-electron chi connectivity index (χ4n) is 2.45. The number of sulfonamides is 1. The zero-order chi connectivity index (χ0) is 17.4. The van der Waals surface area contributed by atoms with Crippen LogP contribution in [-0.2, 0) is 15.6 Å². The van der Waals surface area contributed by atoms with Gasteiger partial charge in [0.2, 0.25) is 10.0 Å². The average Bonchev–Trinajstić information content (AvgIpc) is 3.08. The van der Waals surface area contributed by atoms with E-state index in [2.05, 4.69) is 9.71 Å². The predicted octanol–water partition coefficient (Wildman–Crippen LogP) is 2.32. The van der Waals surface area contributed by atoms with E-state index in [1.165, 1.54) is 19.3 Å². The first-order valence-electron chi connectivity index (χ1n) is 7.41. The maximum absolute atomic E-state index is 12.7. The number of rotatable bonds is 5. The van der Waals surface area contributed by atoms with Crippen molar-refractivity contribution in [2.45, 2.75) is 24.3 Å². The summed E-state index contributed by atoms with van der Waals surface area (Å²) in [5.41, 5.74) is -0.107. The van der Waals surface area contributed by atoms with Crippen LogP contribution in [0.15, 0.2) is 58.2 Å². The number of fused-ring (bicyclic) bond motifs is 1. The van der Waals surface area contributed by atoms with E-state index in [-0.39, 0.29) is 17.2 Å². The number of hydrogen-bond acceptors (Lipinski definition) is 5. The minimum atomic E-state index is -3.84. The van der Waals surface area contributed by atoms with Crippen molar-refractivity contribution in [2.24, 2.45) is 0 Å². The van der Waals surface area contributed by atoms with Crippen molar-refractivity contribution >= 4 is 20.9 Å². The van der Waals surface area contributed by atoms with E-state index in [1.54, 1.807) is 24.4 Å². The van der Waals surface area contributed by atoms with Crippen LogP contribution in [0, 0.1) is 6.92 Å². The Hall–Kier alpha value is -2.22. The number of nitrogens with one attached hydrogen (secondary N) is 1. The van der Waals surface area contributed by atoms with Crippen LogP contribution >= 0.6 is 0 Å². The fourth-order valence-corrected chi connectivity index (χ4v) is 3.75. The summed E-state index contributed by atoms with van der Waals surface area (Å²) in [5, 5.41) is 11.1. The van der Waals surface area contributed by atoms with Gasteiger partial charge in [-0.1, -0.05) is 12.1 Å². The second-order valence-corrected chi connectivity index (χ2v) is 7.65. The first-order valence-corrected chi connectivity index (χ1v) is 8.89. The third kappa shape index (κ3) is 3.19. The molecule has 2 heterocycles. The lowest BCUT2D eigenvalue weighted by atomic mass is 10.1. The molecule has 0 bridgehead atoms. The summed E-state index contributed by atoms with van der Waals surface area (Å²) in [6, 6.07) is 10.1. The van der Waals surface area contributed by atoms with E-state index < -0.39 is 15.6 Å². The van der Waals surface area contributed by atoms with Crippen LogP contribution in [0.25, 0.3) is 10.9 Å². The number of furan rings is 1. The summed E-state index contributed by atoms with van der Waals surface area (Å²) in [7, 11) is -3.84. The van der Waals surface area contributed by atoms with Gasteiger partial charge in [-0.05, 0) is 43.7 Å². The molecule has 24 heavy (non-hydrogen) atoms. The van der Waals surface area contributed by atoms with Crippen LogP contribution in [0.1, 0.15) is 18.2 Å². The molecule has 0 amide bonds. The number of aryl methyl sites for hydroxylation is 1. The van der Waals surface area contributed by atoms with Gasteiger partial charge in [0.05, 0.1) is 11.8 Å². The van der Waals surface area contributed by atoms with Crippen molar-refractivity contribution in [3.8, 4) is 0 Å². The molecule has 0 spiro atoms. The molecule has 1 atom stereocenters. The Labute approximate surface area is 140 Å². The normalized spacial score (nSPS) is 14.6. The summed E-state index contributed by atoms with van der Waals surface area (Å²) >= 11 is 0. The highest BCUT2D eigenvalue weighted by atomic mass is 32.2. The lowest BCUT2D eigenvalue weighted by Gasteiger charge is -2.21. The minimum absolute atomic E-state index is 0.0789. The molecule has 7 heteroatoms. The average molecular weight is 346 g/mol. The largest absolute Gasteiger partial charge is 0.466 e. The van der Waals surface area contributed by atoms with Crippen molar-refractivity contribution in [3.63, 3.8) is 0 Å². The van der Waals surface area contributed by atoms with Crippen LogP contribution in [0.4, 0.5) is 0 Å². The van der Waals surface area contributed by atoms with Crippen LogP contribution in [0.2, 0.25) is 0 Å². The van der Waals surface area contributed by atoms with Crippen molar-refractivity contribution in [1.82, 2.24) is 9.71 Å². The number of hydrogen-bond donors (Lipinski definition) is 2. The maximum Gasteiger partial charge on any atom is 0.242 e. The Morgan fingerprint density at radius 2 is 2.08 bits per heavy atom. The topological polar surface area (TPSA) is 92.4 Å². The van der Waals surface area contributed by atoms with Gasteiger partial charge in [-0.15, -0.1) is 0 Å². The van der Waals surface area contributed by atoms with E-state index in [9.17, 15) is 13.5 Å². The Morgan fingerprint density at radius 3 is 2.79 bits per heavy atom. The Morgan fingerprint density at radius 1 is 1.29 bits per heavy atom. The van der Waals surface area contributed by atoms with E-state index in [4.69, 9.17) is 4.42 Å². The number of pyridine rings is 1. The summed E-state index contributed by atoms with van der Waals surface area (Å²) in [6.07, 6.45) is 3.05. The second kappa shape index (κ2) is 6.01. The molecule has 1 aromatic carbocycles. The smallest absolute Gasteiger partial charge is 0.242 e. The molecule has 0 aliphatic carbocycles. The van der Waals surface area contributed by atoms with Gasteiger partial charge in [-0.3, -0.25) is 4.98 Å². The Balaban J connectivity index is 1.91. The molecule has 0 saturated heterocycles.